The minimum absolute atomic E-state index is 0.501. The fourth-order valence-corrected chi connectivity index (χ4v) is 1.89. The Hall–Kier alpha value is -1.43. The number of hydrogen-bond donors (Lipinski definition) is 1. The van der Waals surface area contributed by atoms with Crippen LogP contribution in [-0.2, 0) is 6.54 Å². The van der Waals surface area contributed by atoms with Crippen molar-refractivity contribution >= 4 is 16.5 Å². The van der Waals surface area contributed by atoms with E-state index in [4.69, 9.17) is 5.73 Å². The molecule has 0 atom stereocenters. The third-order valence-corrected chi connectivity index (χ3v) is 2.61. The lowest BCUT2D eigenvalue weighted by molar-refractivity contribution is 0.651. The molecule has 2 aromatic heterocycles. The number of hydrogen-bond acceptors (Lipinski definition) is 5. The molecule has 0 fully saturated rings. The van der Waals surface area contributed by atoms with E-state index in [0.717, 1.165) is 16.4 Å². The van der Waals surface area contributed by atoms with Crippen LogP contribution >= 0.6 is 11.3 Å². The average Bonchev–Trinajstić information content (AvgIpc) is 2.61. The summed E-state index contributed by atoms with van der Waals surface area (Å²) in [5.41, 5.74) is 7.63. The first-order valence-electron chi connectivity index (χ1n) is 4.24. The van der Waals surface area contributed by atoms with Crippen LogP contribution < -0.4 is 5.73 Å². The largest absolute Gasteiger partial charge is 0.374 e. The highest BCUT2D eigenvalue weighted by atomic mass is 32.1. The number of anilines is 1. The van der Waals surface area contributed by atoms with Gasteiger partial charge in [-0.2, -0.15) is 5.10 Å². The van der Waals surface area contributed by atoms with Crippen molar-refractivity contribution in [3.8, 4) is 0 Å². The van der Waals surface area contributed by atoms with Crippen molar-refractivity contribution in [2.75, 3.05) is 5.73 Å². The predicted octanol–water partition coefficient (Wildman–Crippen LogP) is 0.982. The number of nitrogen functional groups attached to an aromatic ring is 1. The molecule has 2 heterocycles. The van der Waals surface area contributed by atoms with E-state index in [9.17, 15) is 0 Å². The van der Waals surface area contributed by atoms with E-state index < -0.39 is 0 Å². The van der Waals surface area contributed by atoms with E-state index in [1.807, 2.05) is 24.6 Å². The van der Waals surface area contributed by atoms with Crippen molar-refractivity contribution in [2.45, 2.75) is 20.4 Å². The molecule has 74 valence electrons. The van der Waals surface area contributed by atoms with Crippen LogP contribution in [0, 0.1) is 13.8 Å². The van der Waals surface area contributed by atoms with E-state index in [2.05, 4.69) is 15.3 Å². The van der Waals surface area contributed by atoms with Gasteiger partial charge in [0.2, 0.25) is 5.13 Å². The number of nitrogens with zero attached hydrogens (tertiary/aromatic N) is 4. The van der Waals surface area contributed by atoms with Crippen molar-refractivity contribution in [3.63, 3.8) is 0 Å². The van der Waals surface area contributed by atoms with Crippen LogP contribution in [-0.4, -0.2) is 20.0 Å². The lowest BCUT2D eigenvalue weighted by Gasteiger charge is -1.98. The number of aryl methyl sites for hydroxylation is 2. The van der Waals surface area contributed by atoms with Crippen molar-refractivity contribution in [1.29, 1.82) is 0 Å². The average molecular weight is 209 g/mol. The number of rotatable bonds is 2. The molecular formula is C8H11N5S. The molecule has 0 spiro atoms. The van der Waals surface area contributed by atoms with Crippen molar-refractivity contribution in [3.05, 3.63) is 22.5 Å². The van der Waals surface area contributed by atoms with E-state index in [1.54, 1.807) is 0 Å². The monoisotopic (exact) mass is 209 g/mol. The van der Waals surface area contributed by atoms with Gasteiger partial charge in [0.1, 0.15) is 5.01 Å². The van der Waals surface area contributed by atoms with Crippen LogP contribution in [0.25, 0.3) is 0 Å². The normalized spacial score (nSPS) is 10.7. The molecule has 2 rings (SSSR count). The Labute approximate surface area is 85.6 Å². The first kappa shape index (κ1) is 9.14. The molecule has 0 aliphatic rings. The molecule has 6 heteroatoms. The molecule has 0 saturated carbocycles. The van der Waals surface area contributed by atoms with Crippen LogP contribution in [0.2, 0.25) is 0 Å². The second kappa shape index (κ2) is 3.38. The molecule has 0 aliphatic carbocycles. The van der Waals surface area contributed by atoms with Gasteiger partial charge in [-0.15, -0.1) is 10.2 Å². The summed E-state index contributed by atoms with van der Waals surface area (Å²) in [6.45, 7) is 4.64. The van der Waals surface area contributed by atoms with E-state index in [-0.39, 0.29) is 0 Å². The van der Waals surface area contributed by atoms with Crippen LogP contribution in [0.4, 0.5) is 5.13 Å². The molecule has 2 N–H and O–H groups in total. The molecule has 0 bridgehead atoms. The Bertz CT molecular complexity index is 444. The summed E-state index contributed by atoms with van der Waals surface area (Å²) in [6.07, 6.45) is 0. The molecule has 0 saturated heterocycles. The Morgan fingerprint density at radius 3 is 2.71 bits per heavy atom. The van der Waals surface area contributed by atoms with Crippen molar-refractivity contribution in [1.82, 2.24) is 20.0 Å². The lowest BCUT2D eigenvalue weighted by Crippen LogP contribution is -2.03. The molecule has 0 aromatic carbocycles. The smallest absolute Gasteiger partial charge is 0.203 e. The predicted molar refractivity (Wildman–Crippen MR) is 55.1 cm³/mol. The maximum Gasteiger partial charge on any atom is 0.203 e. The van der Waals surface area contributed by atoms with Crippen LogP contribution in [0.5, 0.6) is 0 Å². The van der Waals surface area contributed by atoms with Gasteiger partial charge in [-0.25, -0.2) is 0 Å². The quantitative estimate of drug-likeness (QED) is 0.800. The number of nitrogens with two attached hydrogens (primary N) is 1. The fraction of sp³-hybridized carbons (Fsp3) is 0.375. The zero-order valence-corrected chi connectivity index (χ0v) is 8.88. The highest BCUT2D eigenvalue weighted by Crippen LogP contribution is 2.13. The third-order valence-electron chi connectivity index (χ3n) is 1.87. The van der Waals surface area contributed by atoms with E-state index in [1.165, 1.54) is 11.3 Å². The van der Waals surface area contributed by atoms with Crippen molar-refractivity contribution in [2.24, 2.45) is 0 Å². The first-order chi connectivity index (χ1) is 6.65. The standard InChI is InChI=1S/C8H11N5S/c1-5-3-6(2)13(12-5)4-7-10-11-8(9)14-7/h3H,4H2,1-2H3,(H2,9,11). The van der Waals surface area contributed by atoms with E-state index >= 15 is 0 Å². The SMILES string of the molecule is Cc1cc(C)n(Cc2nnc(N)s2)n1. The van der Waals surface area contributed by atoms with Gasteiger partial charge in [0, 0.05) is 5.69 Å². The minimum atomic E-state index is 0.501. The summed E-state index contributed by atoms with van der Waals surface area (Å²) in [5.74, 6) is 0. The third kappa shape index (κ3) is 1.74. The van der Waals surface area contributed by atoms with Gasteiger partial charge in [-0.05, 0) is 19.9 Å². The highest BCUT2D eigenvalue weighted by Gasteiger charge is 2.05. The second-order valence-corrected chi connectivity index (χ2v) is 4.21. The Balaban J connectivity index is 2.22. The fourth-order valence-electron chi connectivity index (χ4n) is 1.29. The van der Waals surface area contributed by atoms with Gasteiger partial charge >= 0.3 is 0 Å². The molecule has 0 aliphatic heterocycles. The van der Waals surface area contributed by atoms with Gasteiger partial charge < -0.3 is 5.73 Å². The lowest BCUT2D eigenvalue weighted by atomic mass is 10.4. The summed E-state index contributed by atoms with van der Waals surface area (Å²) in [7, 11) is 0. The summed E-state index contributed by atoms with van der Waals surface area (Å²) in [6, 6.07) is 2.03. The van der Waals surface area contributed by atoms with E-state index in [0.29, 0.717) is 11.7 Å². The molecule has 0 amide bonds. The minimum Gasteiger partial charge on any atom is -0.374 e. The van der Waals surface area contributed by atoms with Crippen molar-refractivity contribution < 1.29 is 0 Å². The molecule has 5 nitrogen and oxygen atoms in total. The van der Waals surface area contributed by atoms with Crippen LogP contribution in [0.3, 0.4) is 0 Å². The molecule has 0 radical (unpaired) electrons. The Kier molecular flexibility index (Phi) is 2.20. The molecule has 2 aromatic rings. The van der Waals surface area contributed by atoms with Crippen LogP contribution in [0.1, 0.15) is 16.4 Å². The Morgan fingerprint density at radius 2 is 2.21 bits per heavy atom. The molecule has 0 unspecified atom stereocenters. The summed E-state index contributed by atoms with van der Waals surface area (Å²) in [4.78, 5) is 0. The van der Waals surface area contributed by atoms with Gasteiger partial charge in [-0.1, -0.05) is 11.3 Å². The topological polar surface area (TPSA) is 69.6 Å². The van der Waals surface area contributed by atoms with Gasteiger partial charge in [-0.3, -0.25) is 4.68 Å². The molecule has 14 heavy (non-hydrogen) atoms. The number of aromatic nitrogens is 4. The van der Waals surface area contributed by atoms with Gasteiger partial charge in [0.25, 0.3) is 0 Å². The highest BCUT2D eigenvalue weighted by molar-refractivity contribution is 7.15. The van der Waals surface area contributed by atoms with Gasteiger partial charge in [0.15, 0.2) is 0 Å². The Morgan fingerprint density at radius 1 is 1.43 bits per heavy atom. The molecular weight excluding hydrogens is 198 g/mol. The second-order valence-electron chi connectivity index (χ2n) is 3.12. The zero-order valence-electron chi connectivity index (χ0n) is 8.06. The first-order valence-corrected chi connectivity index (χ1v) is 5.05. The zero-order chi connectivity index (χ0) is 10.1. The summed E-state index contributed by atoms with van der Waals surface area (Å²) in [5, 5.41) is 13.4. The van der Waals surface area contributed by atoms with Gasteiger partial charge in [0.05, 0.1) is 12.2 Å². The van der Waals surface area contributed by atoms with Crippen LogP contribution in [0.15, 0.2) is 6.07 Å². The summed E-state index contributed by atoms with van der Waals surface area (Å²) >= 11 is 1.40. The maximum atomic E-state index is 5.49. The maximum absolute atomic E-state index is 5.49. The summed E-state index contributed by atoms with van der Waals surface area (Å²) < 4.78 is 1.90.